The maximum absolute atomic E-state index is 11.2. The number of carbonyl (C=O) groups is 1. The molecule has 0 atom stereocenters. The minimum atomic E-state index is -1.00. The highest BCUT2D eigenvalue weighted by atomic mass is 16.4. The van der Waals surface area contributed by atoms with Crippen LogP contribution < -0.4 is 0 Å². The summed E-state index contributed by atoms with van der Waals surface area (Å²) >= 11 is 0. The van der Waals surface area contributed by atoms with Crippen LogP contribution in [0.1, 0.15) is 48.0 Å². The number of rotatable bonds is 6. The van der Waals surface area contributed by atoms with Gasteiger partial charge in [-0.3, -0.25) is 4.90 Å². The second-order valence-electron chi connectivity index (χ2n) is 5.31. The molecule has 0 radical (unpaired) electrons. The molecule has 114 valence electrons. The average Bonchev–Trinajstić information content (AvgIpc) is 2.81. The molecule has 0 amide bonds. The van der Waals surface area contributed by atoms with Crippen LogP contribution in [0, 0.1) is 6.92 Å². The van der Waals surface area contributed by atoms with E-state index in [4.69, 9.17) is 4.42 Å². The summed E-state index contributed by atoms with van der Waals surface area (Å²) < 4.78 is 5.58. The minimum absolute atomic E-state index is 0.0553. The molecule has 0 aliphatic carbocycles. The summed E-state index contributed by atoms with van der Waals surface area (Å²) in [6, 6.07) is 4.20. The summed E-state index contributed by atoms with van der Waals surface area (Å²) in [5.41, 5.74) is 3.72. The van der Waals surface area contributed by atoms with Crippen molar-refractivity contribution in [2.75, 3.05) is 13.1 Å². The standard InChI is InChI=1S/C17H23NO3/c1-5-13-8-12(10-18(6-2)7-3)9-14-11(4)15(17(19)20)21-16(13)14/h8-9H,5-7,10H2,1-4H3,(H,19,20). The maximum atomic E-state index is 11.2. The van der Waals surface area contributed by atoms with Gasteiger partial charge in [0.2, 0.25) is 5.76 Å². The third kappa shape index (κ3) is 2.95. The second kappa shape index (κ2) is 6.31. The monoisotopic (exact) mass is 289 g/mol. The van der Waals surface area contributed by atoms with Gasteiger partial charge in [-0.2, -0.15) is 0 Å². The fourth-order valence-electron chi connectivity index (χ4n) is 2.72. The van der Waals surface area contributed by atoms with Crippen molar-refractivity contribution in [1.29, 1.82) is 0 Å². The van der Waals surface area contributed by atoms with E-state index >= 15 is 0 Å². The Balaban J connectivity index is 2.55. The number of hydrogen-bond acceptors (Lipinski definition) is 3. The molecule has 0 aliphatic heterocycles. The van der Waals surface area contributed by atoms with Crippen LogP contribution in [-0.2, 0) is 13.0 Å². The highest BCUT2D eigenvalue weighted by Crippen LogP contribution is 2.30. The van der Waals surface area contributed by atoms with Gasteiger partial charge in [-0.15, -0.1) is 0 Å². The van der Waals surface area contributed by atoms with Crippen LogP contribution in [0.25, 0.3) is 11.0 Å². The number of aromatic carboxylic acids is 1. The van der Waals surface area contributed by atoms with E-state index in [9.17, 15) is 9.90 Å². The molecule has 0 aliphatic rings. The fourth-order valence-corrected chi connectivity index (χ4v) is 2.72. The molecule has 2 rings (SSSR count). The van der Waals surface area contributed by atoms with Crippen molar-refractivity contribution < 1.29 is 14.3 Å². The van der Waals surface area contributed by atoms with Gasteiger partial charge in [0.05, 0.1) is 0 Å². The molecule has 2 aromatic rings. The molecule has 1 heterocycles. The minimum Gasteiger partial charge on any atom is -0.475 e. The van der Waals surface area contributed by atoms with Crippen LogP contribution in [-0.4, -0.2) is 29.1 Å². The number of benzene rings is 1. The van der Waals surface area contributed by atoms with Crippen LogP contribution in [0.2, 0.25) is 0 Å². The molecule has 0 saturated heterocycles. The van der Waals surface area contributed by atoms with Gasteiger partial charge in [0.1, 0.15) is 5.58 Å². The third-order valence-corrected chi connectivity index (χ3v) is 4.05. The molecule has 21 heavy (non-hydrogen) atoms. The fraction of sp³-hybridized carbons (Fsp3) is 0.471. The van der Waals surface area contributed by atoms with Gasteiger partial charge in [-0.25, -0.2) is 4.79 Å². The van der Waals surface area contributed by atoms with E-state index in [0.717, 1.165) is 42.6 Å². The average molecular weight is 289 g/mol. The first-order valence-corrected chi connectivity index (χ1v) is 7.52. The zero-order valence-corrected chi connectivity index (χ0v) is 13.2. The molecule has 0 bridgehead atoms. The number of carboxylic acid groups (broad SMARTS) is 1. The van der Waals surface area contributed by atoms with Crippen molar-refractivity contribution in [1.82, 2.24) is 4.90 Å². The maximum Gasteiger partial charge on any atom is 0.372 e. The highest BCUT2D eigenvalue weighted by Gasteiger charge is 2.19. The molecule has 4 nitrogen and oxygen atoms in total. The Bertz CT molecular complexity index is 654. The summed E-state index contributed by atoms with van der Waals surface area (Å²) in [5, 5.41) is 10.1. The summed E-state index contributed by atoms with van der Waals surface area (Å²) in [6.07, 6.45) is 0.828. The Morgan fingerprint density at radius 3 is 2.43 bits per heavy atom. The number of aryl methyl sites for hydroxylation is 2. The van der Waals surface area contributed by atoms with E-state index < -0.39 is 5.97 Å². The molecule has 1 aromatic heterocycles. The lowest BCUT2D eigenvalue weighted by molar-refractivity contribution is 0.0664. The number of furan rings is 1. The van der Waals surface area contributed by atoms with Gasteiger partial charge in [0, 0.05) is 17.5 Å². The highest BCUT2D eigenvalue weighted by molar-refractivity contribution is 5.96. The molecule has 0 spiro atoms. The lowest BCUT2D eigenvalue weighted by Gasteiger charge is -2.18. The Labute approximate surface area is 125 Å². The van der Waals surface area contributed by atoms with E-state index in [1.165, 1.54) is 5.56 Å². The first-order valence-electron chi connectivity index (χ1n) is 7.52. The van der Waals surface area contributed by atoms with Gasteiger partial charge in [-0.1, -0.05) is 26.8 Å². The second-order valence-corrected chi connectivity index (χ2v) is 5.31. The van der Waals surface area contributed by atoms with Crippen molar-refractivity contribution >= 4 is 16.9 Å². The summed E-state index contributed by atoms with van der Waals surface area (Å²) in [4.78, 5) is 13.6. The predicted molar refractivity (Wildman–Crippen MR) is 83.9 cm³/mol. The van der Waals surface area contributed by atoms with Crippen molar-refractivity contribution in [3.8, 4) is 0 Å². The van der Waals surface area contributed by atoms with Crippen LogP contribution in [0.3, 0.4) is 0 Å². The molecular formula is C17H23NO3. The summed E-state index contributed by atoms with van der Waals surface area (Å²) in [6.45, 7) is 11.1. The first-order chi connectivity index (χ1) is 10.0. The molecule has 1 aromatic carbocycles. The lowest BCUT2D eigenvalue weighted by atomic mass is 10.0. The number of carboxylic acids is 1. The van der Waals surface area contributed by atoms with Gasteiger partial charge >= 0.3 is 5.97 Å². The predicted octanol–water partition coefficient (Wildman–Crippen LogP) is 3.84. The largest absolute Gasteiger partial charge is 0.475 e. The van der Waals surface area contributed by atoms with Gasteiger partial charge in [-0.05, 0) is 43.6 Å². The Morgan fingerprint density at radius 1 is 1.24 bits per heavy atom. The van der Waals surface area contributed by atoms with E-state index in [-0.39, 0.29) is 5.76 Å². The summed E-state index contributed by atoms with van der Waals surface area (Å²) in [5.74, 6) is -0.948. The zero-order valence-electron chi connectivity index (χ0n) is 13.2. The molecular weight excluding hydrogens is 266 g/mol. The summed E-state index contributed by atoms with van der Waals surface area (Å²) in [7, 11) is 0. The molecule has 1 N–H and O–H groups in total. The quantitative estimate of drug-likeness (QED) is 0.877. The molecule has 0 saturated carbocycles. The zero-order chi connectivity index (χ0) is 15.6. The lowest BCUT2D eigenvalue weighted by Crippen LogP contribution is -2.22. The first kappa shape index (κ1) is 15.6. The van der Waals surface area contributed by atoms with E-state index in [2.05, 4.69) is 37.8 Å². The van der Waals surface area contributed by atoms with E-state index in [1.54, 1.807) is 0 Å². The van der Waals surface area contributed by atoms with Crippen molar-refractivity contribution in [3.63, 3.8) is 0 Å². The van der Waals surface area contributed by atoms with Crippen LogP contribution in [0.4, 0.5) is 0 Å². The number of hydrogen-bond donors (Lipinski definition) is 1. The van der Waals surface area contributed by atoms with Gasteiger partial charge in [0.15, 0.2) is 0 Å². The molecule has 0 fully saturated rings. The topological polar surface area (TPSA) is 53.7 Å². The van der Waals surface area contributed by atoms with Crippen molar-refractivity contribution in [3.05, 3.63) is 34.6 Å². The van der Waals surface area contributed by atoms with Crippen molar-refractivity contribution in [2.24, 2.45) is 0 Å². The smallest absolute Gasteiger partial charge is 0.372 e. The Morgan fingerprint density at radius 2 is 1.90 bits per heavy atom. The van der Waals surface area contributed by atoms with Crippen LogP contribution in [0.15, 0.2) is 16.5 Å². The van der Waals surface area contributed by atoms with E-state index in [0.29, 0.717) is 5.56 Å². The SMILES string of the molecule is CCc1cc(CN(CC)CC)cc2c(C)c(C(=O)O)oc12. The number of nitrogens with zero attached hydrogens (tertiary/aromatic N) is 1. The van der Waals surface area contributed by atoms with Crippen LogP contribution >= 0.6 is 0 Å². The molecule has 4 heteroatoms. The van der Waals surface area contributed by atoms with Crippen LogP contribution in [0.5, 0.6) is 0 Å². The Kier molecular flexibility index (Phi) is 4.68. The van der Waals surface area contributed by atoms with Gasteiger partial charge < -0.3 is 9.52 Å². The number of fused-ring (bicyclic) bond motifs is 1. The third-order valence-electron chi connectivity index (χ3n) is 4.05. The van der Waals surface area contributed by atoms with Gasteiger partial charge in [0.25, 0.3) is 0 Å². The van der Waals surface area contributed by atoms with Crippen molar-refractivity contribution in [2.45, 2.75) is 40.7 Å². The van der Waals surface area contributed by atoms with E-state index in [1.807, 2.05) is 6.92 Å². The normalized spacial score (nSPS) is 11.5. The molecule has 0 unspecified atom stereocenters. The Hall–Kier alpha value is -1.81.